The van der Waals surface area contributed by atoms with Crippen molar-refractivity contribution in [1.82, 2.24) is 5.32 Å². The second-order valence-corrected chi connectivity index (χ2v) is 5.10. The predicted octanol–water partition coefficient (Wildman–Crippen LogP) is 2.56. The van der Waals surface area contributed by atoms with Crippen LogP contribution in [0.2, 0.25) is 0 Å². The number of carbonyl (C=O) groups is 1. The number of halogens is 1. The smallest absolute Gasteiger partial charge is 0.251 e. The first-order valence-electron chi connectivity index (χ1n) is 5.50. The number of nitrogens with one attached hydrogen (secondary N) is 1. The van der Waals surface area contributed by atoms with Crippen molar-refractivity contribution < 1.29 is 4.79 Å². The molecule has 0 bridgehead atoms. The van der Waals surface area contributed by atoms with Crippen LogP contribution in [0.1, 0.15) is 29.6 Å². The van der Waals surface area contributed by atoms with Gasteiger partial charge in [0.15, 0.2) is 0 Å². The van der Waals surface area contributed by atoms with E-state index in [1.54, 1.807) is 18.2 Å². The van der Waals surface area contributed by atoms with Crippen molar-refractivity contribution in [2.24, 2.45) is 5.92 Å². The number of nitrogen functional groups attached to an aromatic ring is 1. The van der Waals surface area contributed by atoms with Crippen LogP contribution in [0.25, 0.3) is 0 Å². The summed E-state index contributed by atoms with van der Waals surface area (Å²) >= 11 is 3.30. The molecule has 4 heteroatoms. The highest BCUT2D eigenvalue weighted by molar-refractivity contribution is 9.10. The van der Waals surface area contributed by atoms with Gasteiger partial charge in [0.05, 0.1) is 0 Å². The maximum absolute atomic E-state index is 11.8. The Balaban J connectivity index is 1.94. The molecule has 1 saturated carbocycles. The molecular formula is C12H15BrN2O. The average Bonchev–Trinajstić information content (AvgIpc) is 2.19. The van der Waals surface area contributed by atoms with Crippen LogP contribution in [-0.2, 0) is 0 Å². The van der Waals surface area contributed by atoms with Gasteiger partial charge in [-0.25, -0.2) is 0 Å². The summed E-state index contributed by atoms with van der Waals surface area (Å²) in [6.07, 6.45) is 3.78. The lowest BCUT2D eigenvalue weighted by atomic mass is 9.85. The van der Waals surface area contributed by atoms with Gasteiger partial charge in [0.1, 0.15) is 0 Å². The van der Waals surface area contributed by atoms with Gasteiger partial charge in [0.2, 0.25) is 0 Å². The number of hydrogen-bond donors (Lipinski definition) is 2. The minimum atomic E-state index is -0.0360. The third-order valence-corrected chi connectivity index (χ3v) is 3.76. The number of carbonyl (C=O) groups excluding carboxylic acids is 1. The van der Waals surface area contributed by atoms with Crippen LogP contribution in [-0.4, -0.2) is 12.5 Å². The van der Waals surface area contributed by atoms with Crippen LogP contribution < -0.4 is 11.1 Å². The Hall–Kier alpha value is -1.03. The molecule has 0 atom stereocenters. The summed E-state index contributed by atoms with van der Waals surface area (Å²) in [5.41, 5.74) is 6.94. The number of hydrogen-bond acceptors (Lipinski definition) is 2. The molecule has 2 rings (SSSR count). The molecule has 1 aliphatic carbocycles. The van der Waals surface area contributed by atoms with Crippen LogP contribution in [0.3, 0.4) is 0 Å². The van der Waals surface area contributed by atoms with E-state index in [9.17, 15) is 4.79 Å². The van der Waals surface area contributed by atoms with Crippen LogP contribution in [0.5, 0.6) is 0 Å². The Morgan fingerprint density at radius 3 is 2.81 bits per heavy atom. The number of anilines is 1. The lowest BCUT2D eigenvalue weighted by Gasteiger charge is -2.25. The van der Waals surface area contributed by atoms with Gasteiger partial charge in [-0.05, 0) is 52.9 Å². The van der Waals surface area contributed by atoms with Crippen LogP contribution >= 0.6 is 15.9 Å². The van der Waals surface area contributed by atoms with Crippen molar-refractivity contribution in [3.05, 3.63) is 28.2 Å². The fraction of sp³-hybridized carbons (Fsp3) is 0.417. The highest BCUT2D eigenvalue weighted by Crippen LogP contribution is 2.25. The van der Waals surface area contributed by atoms with E-state index in [1.165, 1.54) is 19.3 Å². The molecule has 1 amide bonds. The van der Waals surface area contributed by atoms with Crippen LogP contribution in [0, 0.1) is 5.92 Å². The van der Waals surface area contributed by atoms with E-state index < -0.39 is 0 Å². The third kappa shape index (κ3) is 2.55. The van der Waals surface area contributed by atoms with E-state index >= 15 is 0 Å². The highest BCUT2D eigenvalue weighted by atomic mass is 79.9. The minimum absolute atomic E-state index is 0.0360. The fourth-order valence-electron chi connectivity index (χ4n) is 1.72. The number of rotatable bonds is 3. The van der Waals surface area contributed by atoms with Gasteiger partial charge < -0.3 is 11.1 Å². The predicted molar refractivity (Wildman–Crippen MR) is 68.2 cm³/mol. The molecule has 3 nitrogen and oxygen atoms in total. The van der Waals surface area contributed by atoms with Gasteiger partial charge in [0, 0.05) is 22.3 Å². The summed E-state index contributed by atoms with van der Waals surface area (Å²) in [5.74, 6) is 0.642. The van der Waals surface area contributed by atoms with Crippen molar-refractivity contribution >= 4 is 27.5 Å². The van der Waals surface area contributed by atoms with Gasteiger partial charge in [-0.3, -0.25) is 4.79 Å². The Kier molecular flexibility index (Phi) is 3.49. The van der Waals surface area contributed by atoms with Gasteiger partial charge in [-0.15, -0.1) is 0 Å². The van der Waals surface area contributed by atoms with Gasteiger partial charge >= 0.3 is 0 Å². The molecule has 86 valence electrons. The first kappa shape index (κ1) is 11.5. The molecule has 0 spiro atoms. The summed E-state index contributed by atoms with van der Waals surface area (Å²) in [4.78, 5) is 11.8. The fourth-order valence-corrected chi connectivity index (χ4v) is 1.97. The zero-order valence-corrected chi connectivity index (χ0v) is 10.6. The molecule has 3 N–H and O–H groups in total. The lowest BCUT2D eigenvalue weighted by molar-refractivity contribution is 0.0939. The van der Waals surface area contributed by atoms with Crippen molar-refractivity contribution in [1.29, 1.82) is 0 Å². The second kappa shape index (κ2) is 4.87. The first-order chi connectivity index (χ1) is 7.66. The quantitative estimate of drug-likeness (QED) is 0.838. The summed E-state index contributed by atoms with van der Waals surface area (Å²) in [6.45, 7) is 0.787. The monoisotopic (exact) mass is 282 g/mol. The second-order valence-electron chi connectivity index (χ2n) is 4.24. The van der Waals surface area contributed by atoms with E-state index in [0.29, 0.717) is 17.2 Å². The van der Waals surface area contributed by atoms with Crippen molar-refractivity contribution in [2.45, 2.75) is 19.3 Å². The van der Waals surface area contributed by atoms with Gasteiger partial charge in [0.25, 0.3) is 5.91 Å². The molecule has 0 unspecified atom stereocenters. The average molecular weight is 283 g/mol. The van der Waals surface area contributed by atoms with E-state index in [0.717, 1.165) is 11.0 Å². The molecule has 0 aromatic heterocycles. The minimum Gasteiger partial charge on any atom is -0.398 e. The molecule has 16 heavy (non-hydrogen) atoms. The maximum Gasteiger partial charge on any atom is 0.251 e. The Morgan fingerprint density at radius 2 is 2.25 bits per heavy atom. The molecule has 0 radical (unpaired) electrons. The number of benzene rings is 1. The van der Waals surface area contributed by atoms with E-state index in [2.05, 4.69) is 21.2 Å². The third-order valence-electron chi connectivity index (χ3n) is 3.03. The number of nitrogens with two attached hydrogens (primary N) is 1. The first-order valence-corrected chi connectivity index (χ1v) is 6.29. The summed E-state index contributed by atoms with van der Waals surface area (Å²) in [6, 6.07) is 5.27. The molecule has 0 heterocycles. The summed E-state index contributed by atoms with van der Waals surface area (Å²) in [5, 5.41) is 2.94. The lowest BCUT2D eigenvalue weighted by Crippen LogP contribution is -2.32. The SMILES string of the molecule is Nc1cc(C(=O)NCC2CCC2)ccc1Br. The molecule has 1 fully saturated rings. The van der Waals surface area contributed by atoms with Crippen molar-refractivity contribution in [2.75, 3.05) is 12.3 Å². The topological polar surface area (TPSA) is 55.1 Å². The highest BCUT2D eigenvalue weighted by Gasteiger charge is 2.18. The standard InChI is InChI=1S/C12H15BrN2O/c13-10-5-4-9(6-11(10)14)12(16)15-7-8-2-1-3-8/h4-6,8H,1-3,7,14H2,(H,15,16). The van der Waals surface area contributed by atoms with Crippen molar-refractivity contribution in [3.8, 4) is 0 Å². The number of amides is 1. The van der Waals surface area contributed by atoms with Crippen molar-refractivity contribution in [3.63, 3.8) is 0 Å². The molecule has 0 aliphatic heterocycles. The Labute approximate surface area is 104 Å². The molecule has 0 saturated heterocycles. The van der Waals surface area contributed by atoms with E-state index in [4.69, 9.17) is 5.73 Å². The molecule has 1 aromatic rings. The Morgan fingerprint density at radius 1 is 1.50 bits per heavy atom. The molecule has 1 aromatic carbocycles. The van der Waals surface area contributed by atoms with E-state index in [-0.39, 0.29) is 5.91 Å². The van der Waals surface area contributed by atoms with Crippen LogP contribution in [0.15, 0.2) is 22.7 Å². The summed E-state index contributed by atoms with van der Waals surface area (Å²) < 4.78 is 0.822. The van der Waals surface area contributed by atoms with E-state index in [1.807, 2.05) is 0 Å². The zero-order chi connectivity index (χ0) is 11.5. The van der Waals surface area contributed by atoms with Gasteiger partial charge in [-0.2, -0.15) is 0 Å². The Bertz CT molecular complexity index is 402. The van der Waals surface area contributed by atoms with Crippen LogP contribution in [0.4, 0.5) is 5.69 Å². The summed E-state index contributed by atoms with van der Waals surface area (Å²) in [7, 11) is 0. The maximum atomic E-state index is 11.8. The van der Waals surface area contributed by atoms with Gasteiger partial charge in [-0.1, -0.05) is 6.42 Å². The molecule has 1 aliphatic rings. The molecular weight excluding hydrogens is 268 g/mol. The largest absolute Gasteiger partial charge is 0.398 e. The normalized spacial score (nSPS) is 15.6. The zero-order valence-electron chi connectivity index (χ0n) is 9.00.